The zero-order valence-corrected chi connectivity index (χ0v) is 30.9. The van der Waals surface area contributed by atoms with E-state index in [4.69, 9.17) is 19.4 Å². The van der Waals surface area contributed by atoms with Crippen LogP contribution in [0.1, 0.15) is 0 Å². The minimum Gasteiger partial charge on any atom is -0.455 e. The van der Waals surface area contributed by atoms with Gasteiger partial charge in [-0.05, 0) is 34.4 Å². The molecule has 0 unspecified atom stereocenters. The van der Waals surface area contributed by atoms with E-state index in [9.17, 15) is 0 Å². The first-order valence-corrected chi connectivity index (χ1v) is 19.5. The highest BCUT2D eigenvalue weighted by atomic mass is 32.1. The molecule has 3 heterocycles. The Morgan fingerprint density at radius 2 is 0.786 bits per heavy atom. The van der Waals surface area contributed by atoms with Gasteiger partial charge in [-0.1, -0.05) is 176 Å². The summed E-state index contributed by atoms with van der Waals surface area (Å²) in [4.78, 5) is 15.7. The van der Waals surface area contributed by atoms with E-state index in [0.717, 1.165) is 54.5 Å². The molecule has 8 aromatic carbocycles. The van der Waals surface area contributed by atoms with Gasteiger partial charge in [0.05, 0.1) is 0 Å². The summed E-state index contributed by atoms with van der Waals surface area (Å²) < 4.78 is 9.01. The number of para-hydroxylation sites is 1. The first kappa shape index (κ1) is 32.2. The van der Waals surface area contributed by atoms with Crippen LogP contribution in [0.15, 0.2) is 192 Å². The van der Waals surface area contributed by atoms with Gasteiger partial charge in [0.1, 0.15) is 11.2 Å². The molecule has 262 valence electrons. The quantitative estimate of drug-likeness (QED) is 0.171. The smallest absolute Gasteiger partial charge is 0.165 e. The zero-order chi connectivity index (χ0) is 37.0. The number of thiophene rings is 1. The zero-order valence-electron chi connectivity index (χ0n) is 30.1. The van der Waals surface area contributed by atoms with Crippen molar-refractivity contribution in [2.75, 3.05) is 0 Å². The Balaban J connectivity index is 1.14. The SMILES string of the molecule is c1ccc(-c2nc(-c3cccc4c3sc3c(-c5ccccc5-c5ccccc5)cccc34)nc(-c3cccc4oc5c(-c6ccccc6)cccc5c34)n2)cc1. The molecule has 11 rings (SSSR count). The summed E-state index contributed by atoms with van der Waals surface area (Å²) in [5.74, 6) is 1.85. The third-order valence-corrected chi connectivity index (χ3v) is 11.9. The van der Waals surface area contributed by atoms with Crippen LogP contribution in [0.5, 0.6) is 0 Å². The van der Waals surface area contributed by atoms with E-state index in [1.165, 1.54) is 37.7 Å². The van der Waals surface area contributed by atoms with Crippen molar-refractivity contribution in [2.24, 2.45) is 0 Å². The van der Waals surface area contributed by atoms with Gasteiger partial charge < -0.3 is 4.42 Å². The maximum Gasteiger partial charge on any atom is 0.165 e. The third-order valence-electron chi connectivity index (χ3n) is 10.6. The number of hydrogen-bond acceptors (Lipinski definition) is 5. The molecular weight excluding hydrogens is 703 g/mol. The summed E-state index contributed by atoms with van der Waals surface area (Å²) >= 11 is 1.80. The molecule has 0 aliphatic carbocycles. The molecule has 0 saturated carbocycles. The van der Waals surface area contributed by atoms with Crippen LogP contribution in [0, 0.1) is 0 Å². The van der Waals surface area contributed by atoms with Crippen LogP contribution >= 0.6 is 11.3 Å². The van der Waals surface area contributed by atoms with Gasteiger partial charge in [-0.3, -0.25) is 0 Å². The predicted octanol–water partition coefficient (Wildman–Crippen LogP) is 14.1. The fourth-order valence-electron chi connectivity index (χ4n) is 8.01. The van der Waals surface area contributed by atoms with Crippen LogP contribution < -0.4 is 0 Å². The molecular formula is C51H31N3OS. The van der Waals surface area contributed by atoms with Crippen molar-refractivity contribution in [3.8, 4) is 67.5 Å². The van der Waals surface area contributed by atoms with Crippen LogP contribution in [0.4, 0.5) is 0 Å². The standard InChI is InChI=1S/C51H31N3OS/c1-4-16-32(17-5-1)35-22-10-11-23-37(35)38-25-13-26-39-40-27-14-30-43(48(40)56-47(38)39)51-53-49(34-20-8-3-9-21-34)52-50(54-51)42-29-15-31-44-45(42)41-28-12-24-36(46(41)55-44)33-18-6-2-7-19-33/h1-31H. The summed E-state index contributed by atoms with van der Waals surface area (Å²) in [6.45, 7) is 0. The van der Waals surface area contributed by atoms with Crippen molar-refractivity contribution < 1.29 is 4.42 Å². The van der Waals surface area contributed by atoms with E-state index in [1.54, 1.807) is 11.3 Å². The van der Waals surface area contributed by atoms with Gasteiger partial charge in [-0.15, -0.1) is 11.3 Å². The monoisotopic (exact) mass is 733 g/mol. The Hall–Kier alpha value is -7.21. The van der Waals surface area contributed by atoms with Gasteiger partial charge in [0.15, 0.2) is 17.5 Å². The number of furan rings is 1. The van der Waals surface area contributed by atoms with E-state index in [2.05, 4.69) is 152 Å². The highest BCUT2D eigenvalue weighted by molar-refractivity contribution is 7.26. The number of hydrogen-bond donors (Lipinski definition) is 0. The van der Waals surface area contributed by atoms with Crippen LogP contribution in [0.25, 0.3) is 110 Å². The molecule has 0 amide bonds. The molecule has 3 aromatic heterocycles. The fourth-order valence-corrected chi connectivity index (χ4v) is 9.35. The molecule has 0 saturated heterocycles. The van der Waals surface area contributed by atoms with Gasteiger partial charge in [0, 0.05) is 58.8 Å². The van der Waals surface area contributed by atoms with E-state index < -0.39 is 0 Å². The number of aromatic nitrogens is 3. The van der Waals surface area contributed by atoms with Crippen molar-refractivity contribution in [3.05, 3.63) is 188 Å². The summed E-state index contributed by atoms with van der Waals surface area (Å²) in [5, 5.41) is 4.41. The van der Waals surface area contributed by atoms with E-state index in [-0.39, 0.29) is 0 Å². The number of benzene rings is 8. The first-order chi connectivity index (χ1) is 27.8. The largest absolute Gasteiger partial charge is 0.455 e. The van der Waals surface area contributed by atoms with E-state index in [0.29, 0.717) is 17.5 Å². The molecule has 0 atom stereocenters. The molecule has 0 aliphatic rings. The molecule has 5 heteroatoms. The molecule has 4 nitrogen and oxygen atoms in total. The lowest BCUT2D eigenvalue weighted by Crippen LogP contribution is -2.00. The normalized spacial score (nSPS) is 11.6. The lowest BCUT2D eigenvalue weighted by molar-refractivity contribution is 0.670. The Labute approximate surface area is 327 Å². The number of rotatable bonds is 6. The van der Waals surface area contributed by atoms with E-state index in [1.807, 2.05) is 36.4 Å². The van der Waals surface area contributed by atoms with E-state index >= 15 is 0 Å². The van der Waals surface area contributed by atoms with Crippen molar-refractivity contribution in [1.29, 1.82) is 0 Å². The molecule has 0 bridgehead atoms. The Bertz CT molecular complexity index is 3240. The average molecular weight is 734 g/mol. The molecule has 11 aromatic rings. The van der Waals surface area contributed by atoms with Crippen LogP contribution in [0.2, 0.25) is 0 Å². The van der Waals surface area contributed by atoms with Crippen LogP contribution in [-0.2, 0) is 0 Å². The van der Waals surface area contributed by atoms with Gasteiger partial charge in [-0.25, -0.2) is 15.0 Å². The lowest BCUT2D eigenvalue weighted by Gasteiger charge is -2.11. The summed E-state index contributed by atoms with van der Waals surface area (Å²) in [7, 11) is 0. The maximum atomic E-state index is 6.64. The summed E-state index contributed by atoms with van der Waals surface area (Å²) in [5.41, 5.74) is 11.4. The summed E-state index contributed by atoms with van der Waals surface area (Å²) in [6, 6.07) is 65.5. The minimum atomic E-state index is 0.600. The van der Waals surface area contributed by atoms with Crippen molar-refractivity contribution in [3.63, 3.8) is 0 Å². The Morgan fingerprint density at radius 1 is 0.321 bits per heavy atom. The Kier molecular flexibility index (Phi) is 7.64. The van der Waals surface area contributed by atoms with Crippen LogP contribution in [0.3, 0.4) is 0 Å². The molecule has 0 spiro atoms. The number of nitrogens with zero attached hydrogens (tertiary/aromatic N) is 3. The molecule has 0 fully saturated rings. The fraction of sp³-hybridized carbons (Fsp3) is 0. The topological polar surface area (TPSA) is 51.8 Å². The van der Waals surface area contributed by atoms with Gasteiger partial charge in [0.2, 0.25) is 0 Å². The van der Waals surface area contributed by atoms with Gasteiger partial charge >= 0.3 is 0 Å². The average Bonchev–Trinajstić information content (AvgIpc) is 3.86. The minimum absolute atomic E-state index is 0.600. The molecule has 56 heavy (non-hydrogen) atoms. The highest BCUT2D eigenvalue weighted by Gasteiger charge is 2.22. The number of fused-ring (bicyclic) bond motifs is 6. The van der Waals surface area contributed by atoms with Gasteiger partial charge in [-0.2, -0.15) is 0 Å². The third kappa shape index (κ3) is 5.32. The Morgan fingerprint density at radius 3 is 1.48 bits per heavy atom. The lowest BCUT2D eigenvalue weighted by atomic mass is 9.94. The highest BCUT2D eigenvalue weighted by Crippen LogP contribution is 2.46. The van der Waals surface area contributed by atoms with Gasteiger partial charge in [0.25, 0.3) is 0 Å². The predicted molar refractivity (Wildman–Crippen MR) is 233 cm³/mol. The molecule has 0 radical (unpaired) electrons. The summed E-state index contributed by atoms with van der Waals surface area (Å²) in [6.07, 6.45) is 0. The van der Waals surface area contributed by atoms with Crippen molar-refractivity contribution >= 4 is 53.4 Å². The second-order valence-corrected chi connectivity index (χ2v) is 14.9. The maximum absolute atomic E-state index is 6.64. The van der Waals surface area contributed by atoms with Crippen LogP contribution in [-0.4, -0.2) is 15.0 Å². The molecule has 0 N–H and O–H groups in total. The van der Waals surface area contributed by atoms with Crippen molar-refractivity contribution in [1.82, 2.24) is 15.0 Å². The second-order valence-electron chi connectivity index (χ2n) is 13.9. The second kappa shape index (κ2) is 13.3. The molecule has 0 aliphatic heterocycles. The van der Waals surface area contributed by atoms with Crippen molar-refractivity contribution in [2.45, 2.75) is 0 Å². The first-order valence-electron chi connectivity index (χ1n) is 18.7.